The first kappa shape index (κ1) is 24.4. The largest absolute Gasteiger partial charge is 0.357 e. The van der Waals surface area contributed by atoms with Crippen molar-refractivity contribution in [1.29, 1.82) is 0 Å². The molecule has 1 saturated carbocycles. The lowest BCUT2D eigenvalue weighted by molar-refractivity contribution is 0.151. The van der Waals surface area contributed by atoms with Crippen LogP contribution in [0, 0.1) is 5.41 Å². The van der Waals surface area contributed by atoms with Gasteiger partial charge in [-0.15, -0.1) is 24.0 Å². The van der Waals surface area contributed by atoms with E-state index in [4.69, 9.17) is 4.99 Å². The molecular weight excluding hydrogens is 499 g/mol. The van der Waals surface area contributed by atoms with Gasteiger partial charge in [-0.1, -0.05) is 24.6 Å². The fourth-order valence-electron chi connectivity index (χ4n) is 4.14. The van der Waals surface area contributed by atoms with Crippen LogP contribution in [0.25, 0.3) is 0 Å². The van der Waals surface area contributed by atoms with Crippen LogP contribution in [0.5, 0.6) is 0 Å². The zero-order valence-electron chi connectivity index (χ0n) is 18.0. The number of hydrogen-bond donors (Lipinski definition) is 2. The molecule has 3 rings (SSSR count). The second-order valence-corrected chi connectivity index (χ2v) is 10.8. The van der Waals surface area contributed by atoms with E-state index in [-0.39, 0.29) is 24.0 Å². The van der Waals surface area contributed by atoms with Crippen molar-refractivity contribution in [2.75, 3.05) is 19.6 Å². The van der Waals surface area contributed by atoms with E-state index in [1.54, 1.807) is 12.1 Å². The number of halogens is 1. The van der Waals surface area contributed by atoms with E-state index in [0.717, 1.165) is 25.6 Å². The van der Waals surface area contributed by atoms with Gasteiger partial charge < -0.3 is 10.2 Å². The van der Waals surface area contributed by atoms with E-state index in [0.29, 0.717) is 22.4 Å². The molecule has 1 saturated heterocycles. The number of likely N-dealkylation sites (tertiary alicyclic amines) is 1. The highest BCUT2D eigenvalue weighted by molar-refractivity contribution is 14.0. The topological polar surface area (TPSA) is 73.8 Å². The van der Waals surface area contributed by atoms with Crippen LogP contribution in [0.3, 0.4) is 0 Å². The van der Waals surface area contributed by atoms with Gasteiger partial charge in [-0.25, -0.2) is 18.1 Å². The summed E-state index contributed by atoms with van der Waals surface area (Å²) in [6, 6.07) is 7.14. The smallest absolute Gasteiger partial charge is 0.241 e. The van der Waals surface area contributed by atoms with Crippen LogP contribution < -0.4 is 10.0 Å². The molecule has 0 unspecified atom stereocenters. The third-order valence-corrected chi connectivity index (χ3v) is 7.45. The van der Waals surface area contributed by atoms with Crippen molar-refractivity contribution in [2.45, 2.75) is 70.4 Å². The number of aliphatic imine (C=N–C) groups is 1. The highest BCUT2D eigenvalue weighted by Crippen LogP contribution is 2.47. The summed E-state index contributed by atoms with van der Waals surface area (Å²) in [7, 11) is -3.59. The summed E-state index contributed by atoms with van der Waals surface area (Å²) < 4.78 is 28.4. The number of rotatable bonds is 5. The van der Waals surface area contributed by atoms with Crippen LogP contribution in [-0.2, 0) is 16.6 Å². The van der Waals surface area contributed by atoms with Gasteiger partial charge in [0.25, 0.3) is 0 Å². The Hall–Kier alpha value is -0.870. The number of benzene rings is 1. The fraction of sp³-hybridized carbons (Fsp3) is 0.667. The Bertz CT molecular complexity index is 829. The number of guanidine groups is 1. The van der Waals surface area contributed by atoms with Gasteiger partial charge in [-0.05, 0) is 64.0 Å². The predicted octanol–water partition coefficient (Wildman–Crippen LogP) is 3.72. The molecular formula is C21H35IN4O2S. The molecule has 1 spiro atoms. The van der Waals surface area contributed by atoms with Crippen molar-refractivity contribution in [3.05, 3.63) is 29.8 Å². The van der Waals surface area contributed by atoms with Crippen molar-refractivity contribution in [3.8, 4) is 0 Å². The third kappa shape index (κ3) is 6.07. The van der Waals surface area contributed by atoms with E-state index in [2.05, 4.69) is 21.9 Å². The molecule has 1 aromatic carbocycles. The van der Waals surface area contributed by atoms with Gasteiger partial charge in [-0.2, -0.15) is 0 Å². The molecule has 0 radical (unpaired) electrons. The molecule has 0 bridgehead atoms. The molecule has 2 N–H and O–H groups in total. The summed E-state index contributed by atoms with van der Waals surface area (Å²) >= 11 is 0. The maximum atomic E-state index is 12.8. The quantitative estimate of drug-likeness (QED) is 0.343. The third-order valence-electron chi connectivity index (χ3n) is 5.59. The summed E-state index contributed by atoms with van der Waals surface area (Å²) in [6.07, 6.45) is 5.22. The Morgan fingerprint density at radius 1 is 1.21 bits per heavy atom. The normalized spacial score (nSPS) is 19.0. The SMILES string of the molecule is CCNC(=NCc1ccccc1S(=O)(=O)NC(C)(C)C)N1CCC2(CCC2)C1.I. The van der Waals surface area contributed by atoms with Crippen molar-refractivity contribution in [2.24, 2.45) is 10.4 Å². The first-order valence-corrected chi connectivity index (χ1v) is 11.8. The van der Waals surface area contributed by atoms with Crippen LogP contribution in [-0.4, -0.2) is 44.5 Å². The summed E-state index contributed by atoms with van der Waals surface area (Å²) in [6.45, 7) is 10.8. The van der Waals surface area contributed by atoms with E-state index in [1.165, 1.54) is 25.7 Å². The van der Waals surface area contributed by atoms with Crippen LogP contribution in [0.4, 0.5) is 0 Å². The average Bonchev–Trinajstić information content (AvgIpc) is 3.03. The Morgan fingerprint density at radius 3 is 2.45 bits per heavy atom. The van der Waals surface area contributed by atoms with Crippen molar-refractivity contribution in [1.82, 2.24) is 14.9 Å². The standard InChI is InChI=1S/C21H34N4O2S.HI/c1-5-22-19(25-14-13-21(16-25)11-8-12-21)23-15-17-9-6-7-10-18(17)28(26,27)24-20(2,3)4;/h6-7,9-10,24H,5,8,11-16H2,1-4H3,(H,22,23);1H. The first-order chi connectivity index (χ1) is 13.1. The number of nitrogens with zero attached hydrogens (tertiary/aromatic N) is 2. The Morgan fingerprint density at radius 2 is 1.90 bits per heavy atom. The average molecular weight is 535 g/mol. The molecule has 0 atom stereocenters. The second kappa shape index (κ2) is 9.51. The van der Waals surface area contributed by atoms with Crippen LogP contribution in [0.15, 0.2) is 34.2 Å². The Kier molecular flexibility index (Phi) is 8.00. The number of sulfonamides is 1. The summed E-state index contributed by atoms with van der Waals surface area (Å²) in [5.41, 5.74) is 0.678. The minimum Gasteiger partial charge on any atom is -0.357 e. The van der Waals surface area contributed by atoms with Crippen molar-refractivity contribution < 1.29 is 8.42 Å². The van der Waals surface area contributed by atoms with E-state index >= 15 is 0 Å². The van der Waals surface area contributed by atoms with Gasteiger partial charge in [0.1, 0.15) is 0 Å². The maximum Gasteiger partial charge on any atom is 0.241 e. The van der Waals surface area contributed by atoms with Gasteiger partial charge in [0.05, 0.1) is 11.4 Å². The molecule has 29 heavy (non-hydrogen) atoms. The summed E-state index contributed by atoms with van der Waals surface area (Å²) in [4.78, 5) is 7.45. The van der Waals surface area contributed by atoms with Gasteiger partial charge in [-0.3, -0.25) is 0 Å². The first-order valence-electron chi connectivity index (χ1n) is 10.3. The molecule has 1 aromatic rings. The van der Waals surface area contributed by atoms with Gasteiger partial charge >= 0.3 is 0 Å². The monoisotopic (exact) mass is 534 g/mol. The molecule has 8 heteroatoms. The van der Waals surface area contributed by atoms with E-state index < -0.39 is 15.6 Å². The molecule has 1 aliphatic carbocycles. The lowest BCUT2D eigenvalue weighted by Gasteiger charge is -2.38. The van der Waals surface area contributed by atoms with Crippen molar-refractivity contribution in [3.63, 3.8) is 0 Å². The van der Waals surface area contributed by atoms with E-state index in [1.807, 2.05) is 32.9 Å². The molecule has 2 aliphatic rings. The lowest BCUT2D eigenvalue weighted by Crippen LogP contribution is -2.42. The predicted molar refractivity (Wildman–Crippen MR) is 129 cm³/mol. The Labute approximate surface area is 193 Å². The van der Waals surface area contributed by atoms with E-state index in [9.17, 15) is 8.42 Å². The van der Waals surface area contributed by atoms with Gasteiger partial charge in [0, 0.05) is 25.2 Å². The highest BCUT2D eigenvalue weighted by Gasteiger charge is 2.43. The lowest BCUT2D eigenvalue weighted by atomic mass is 9.68. The minimum atomic E-state index is -3.59. The Balaban J connectivity index is 0.00000300. The number of nitrogens with one attached hydrogen (secondary N) is 2. The molecule has 1 aliphatic heterocycles. The van der Waals surface area contributed by atoms with Crippen LogP contribution in [0.2, 0.25) is 0 Å². The molecule has 0 amide bonds. The molecule has 2 fully saturated rings. The fourth-order valence-corrected chi connectivity index (χ4v) is 5.79. The molecule has 6 nitrogen and oxygen atoms in total. The summed E-state index contributed by atoms with van der Waals surface area (Å²) in [5, 5.41) is 3.39. The molecule has 1 heterocycles. The van der Waals surface area contributed by atoms with Gasteiger partial charge in [0.15, 0.2) is 5.96 Å². The molecule has 0 aromatic heterocycles. The second-order valence-electron chi connectivity index (χ2n) is 9.16. The van der Waals surface area contributed by atoms with Crippen LogP contribution >= 0.6 is 24.0 Å². The zero-order valence-corrected chi connectivity index (χ0v) is 21.1. The maximum absolute atomic E-state index is 12.8. The summed E-state index contributed by atoms with van der Waals surface area (Å²) in [5.74, 6) is 0.891. The van der Waals surface area contributed by atoms with Crippen molar-refractivity contribution >= 4 is 40.0 Å². The number of hydrogen-bond acceptors (Lipinski definition) is 3. The highest BCUT2D eigenvalue weighted by atomic mass is 127. The zero-order chi connectivity index (χ0) is 20.4. The van der Waals surface area contributed by atoms with Crippen LogP contribution in [0.1, 0.15) is 58.9 Å². The minimum absolute atomic E-state index is 0. The van der Waals surface area contributed by atoms with Gasteiger partial charge in [0.2, 0.25) is 10.0 Å². The molecule has 164 valence electrons.